The fraction of sp³-hybridized carbons (Fsp3) is 0.333. The van der Waals surface area contributed by atoms with E-state index in [-0.39, 0.29) is 32.5 Å². The zero-order valence-electron chi connectivity index (χ0n) is 36.5. The van der Waals surface area contributed by atoms with Crippen molar-refractivity contribution in [1.82, 2.24) is 10.6 Å². The summed E-state index contributed by atoms with van der Waals surface area (Å²) in [7, 11) is 0. The van der Waals surface area contributed by atoms with Crippen LogP contribution in [0.15, 0.2) is 127 Å². The molecule has 0 heterocycles. The van der Waals surface area contributed by atoms with Gasteiger partial charge in [0.15, 0.2) is 0 Å². The second kappa shape index (κ2) is 23.0. The van der Waals surface area contributed by atoms with Gasteiger partial charge in [-0.05, 0) is 96.8 Å². The second-order valence-electron chi connectivity index (χ2n) is 16.5. The first kappa shape index (κ1) is 47.4. The molecule has 63 heavy (non-hydrogen) atoms. The lowest BCUT2D eigenvalue weighted by atomic mass is 9.94. The molecule has 0 aliphatic heterocycles. The first-order valence-electron chi connectivity index (χ1n) is 21.2. The van der Waals surface area contributed by atoms with E-state index < -0.39 is 53.6 Å². The van der Waals surface area contributed by atoms with Crippen LogP contribution in [0.3, 0.4) is 0 Å². The number of aliphatic hydroxyl groups is 1. The van der Waals surface area contributed by atoms with Gasteiger partial charge in [0.1, 0.15) is 49.0 Å². The highest BCUT2D eigenvalue weighted by molar-refractivity contribution is 5.90. The lowest BCUT2D eigenvalue weighted by molar-refractivity contribution is -0.149. The monoisotopic (exact) mass is 858 g/mol. The maximum Gasteiger partial charge on any atom is 0.408 e. The lowest BCUT2D eigenvalue weighted by Gasteiger charge is -2.26. The number of alkyl carbamates (subject to hydrolysis) is 1. The molecule has 4 N–H and O–H groups in total. The number of esters is 1. The van der Waals surface area contributed by atoms with E-state index >= 15 is 0 Å². The van der Waals surface area contributed by atoms with E-state index in [1.807, 2.05) is 121 Å². The highest BCUT2D eigenvalue weighted by Crippen LogP contribution is 2.33. The number of aliphatic hydroxyl groups excluding tert-OH is 1. The fourth-order valence-corrected chi connectivity index (χ4v) is 6.64. The molecule has 0 unspecified atom stereocenters. The Balaban J connectivity index is 1.53. The summed E-state index contributed by atoms with van der Waals surface area (Å²) in [5.41, 5.74) is 4.51. The number of hydrogen-bond donors (Lipinski definition) is 4. The van der Waals surface area contributed by atoms with E-state index in [4.69, 9.17) is 18.9 Å². The Morgan fingerprint density at radius 2 is 1.11 bits per heavy atom. The molecule has 0 aliphatic rings. The molecule has 0 bridgehead atoms. The van der Waals surface area contributed by atoms with E-state index in [2.05, 4.69) is 10.6 Å². The van der Waals surface area contributed by atoms with Crippen molar-refractivity contribution >= 4 is 23.9 Å². The van der Waals surface area contributed by atoms with Crippen LogP contribution in [0.1, 0.15) is 75.3 Å². The Bertz CT molecular complexity index is 2260. The highest BCUT2D eigenvalue weighted by atomic mass is 16.6. The second-order valence-corrected chi connectivity index (χ2v) is 16.5. The van der Waals surface area contributed by atoms with Gasteiger partial charge in [-0.1, -0.05) is 117 Å². The topological polar surface area (TPSA) is 170 Å². The van der Waals surface area contributed by atoms with Gasteiger partial charge in [0.25, 0.3) is 0 Å². The van der Waals surface area contributed by atoms with E-state index in [0.717, 1.165) is 27.8 Å². The largest absolute Gasteiger partial charge is 0.489 e. The Hall–Kier alpha value is -6.66. The number of carboxylic acid groups (broad SMARTS) is 1. The smallest absolute Gasteiger partial charge is 0.408 e. The van der Waals surface area contributed by atoms with Crippen LogP contribution in [-0.4, -0.2) is 57.9 Å². The van der Waals surface area contributed by atoms with Crippen LogP contribution in [-0.2, 0) is 56.5 Å². The first-order chi connectivity index (χ1) is 30.2. The predicted molar refractivity (Wildman–Crippen MR) is 240 cm³/mol. The fourth-order valence-electron chi connectivity index (χ4n) is 6.64. The normalized spacial score (nSPS) is 13.1. The number of carbonyl (C=O) groups excluding carboxylic acids is 3. The Morgan fingerprint density at radius 1 is 0.635 bits per heavy atom. The molecule has 0 fully saturated rings. The zero-order chi connectivity index (χ0) is 45.4. The number of hydrogen-bond acceptors (Lipinski definition) is 9. The summed E-state index contributed by atoms with van der Waals surface area (Å²) in [6, 6.07) is 37.0. The number of nitrogens with one attached hydrogen (secondary N) is 2. The quantitative estimate of drug-likeness (QED) is 0.0525. The summed E-state index contributed by atoms with van der Waals surface area (Å²) in [6.07, 6.45) is -1.49. The molecule has 5 aromatic carbocycles. The highest BCUT2D eigenvalue weighted by Gasteiger charge is 2.31. The Kier molecular flexibility index (Phi) is 17.3. The maximum atomic E-state index is 14.1. The molecule has 0 aromatic heterocycles. The number of rotatable bonds is 21. The third kappa shape index (κ3) is 15.3. The van der Waals surface area contributed by atoms with Crippen molar-refractivity contribution in [3.63, 3.8) is 0 Å². The van der Waals surface area contributed by atoms with Gasteiger partial charge in [-0.15, -0.1) is 0 Å². The van der Waals surface area contributed by atoms with Crippen LogP contribution >= 0.6 is 0 Å². The van der Waals surface area contributed by atoms with Crippen molar-refractivity contribution in [2.75, 3.05) is 0 Å². The zero-order valence-corrected chi connectivity index (χ0v) is 36.5. The third-order valence-corrected chi connectivity index (χ3v) is 10.1. The van der Waals surface area contributed by atoms with Crippen molar-refractivity contribution in [3.8, 4) is 22.6 Å². The summed E-state index contributed by atoms with van der Waals surface area (Å²) >= 11 is 0. The summed E-state index contributed by atoms with van der Waals surface area (Å²) < 4.78 is 23.8. The average molecular weight is 859 g/mol. The molecule has 5 rings (SSSR count). The van der Waals surface area contributed by atoms with Crippen molar-refractivity contribution in [2.45, 2.75) is 104 Å². The van der Waals surface area contributed by atoms with Crippen molar-refractivity contribution < 1.29 is 48.3 Å². The van der Waals surface area contributed by atoms with Gasteiger partial charge in [0.05, 0.1) is 12.0 Å². The van der Waals surface area contributed by atoms with Gasteiger partial charge in [0, 0.05) is 12.8 Å². The van der Waals surface area contributed by atoms with Gasteiger partial charge in [0.2, 0.25) is 5.91 Å². The van der Waals surface area contributed by atoms with Gasteiger partial charge in [-0.2, -0.15) is 0 Å². The average Bonchev–Trinajstić information content (AvgIpc) is 3.27. The van der Waals surface area contributed by atoms with E-state index in [1.165, 1.54) is 0 Å². The molecular weight excluding hydrogens is 801 g/mol. The van der Waals surface area contributed by atoms with Crippen LogP contribution in [0.5, 0.6) is 11.5 Å². The molecule has 332 valence electrons. The summed E-state index contributed by atoms with van der Waals surface area (Å²) in [5, 5.41) is 25.8. The number of carbonyl (C=O) groups is 4. The molecular formula is C51H58N2O10. The molecule has 5 aromatic rings. The molecule has 0 radical (unpaired) electrons. The predicted octanol–water partition coefficient (Wildman–Crippen LogP) is 8.60. The number of carboxylic acids is 1. The summed E-state index contributed by atoms with van der Waals surface area (Å²) in [4.78, 5) is 53.2. The number of ether oxygens (including phenoxy) is 4. The van der Waals surface area contributed by atoms with Gasteiger partial charge in [-0.3, -0.25) is 9.59 Å². The lowest BCUT2D eigenvalue weighted by Crippen LogP contribution is -2.54. The molecule has 12 nitrogen and oxygen atoms in total. The number of amides is 2. The van der Waals surface area contributed by atoms with Crippen molar-refractivity contribution in [1.29, 1.82) is 0 Å². The van der Waals surface area contributed by atoms with Crippen LogP contribution in [0.4, 0.5) is 4.79 Å². The summed E-state index contributed by atoms with van der Waals surface area (Å²) in [5.74, 6) is -2.07. The molecule has 2 amide bonds. The van der Waals surface area contributed by atoms with Crippen molar-refractivity contribution in [3.05, 3.63) is 155 Å². The Morgan fingerprint density at radius 3 is 1.57 bits per heavy atom. The van der Waals surface area contributed by atoms with Crippen LogP contribution in [0, 0.1) is 5.92 Å². The Labute approximate surface area is 369 Å². The van der Waals surface area contributed by atoms with Gasteiger partial charge >= 0.3 is 18.0 Å². The van der Waals surface area contributed by atoms with E-state index in [9.17, 15) is 29.4 Å². The SMILES string of the molecule is CC[C@H](O)C[C@H](NC(=O)OC(C)(C)C)C(=O)N[C@@H](Cc1cc(-c2ccc(OCc3ccccc3)c(C[C@H](C)C(=O)O)c2)ccc1OCc1ccccc1)C(=O)OCc1ccccc1. The van der Waals surface area contributed by atoms with E-state index in [0.29, 0.717) is 35.7 Å². The van der Waals surface area contributed by atoms with Crippen LogP contribution in [0.2, 0.25) is 0 Å². The van der Waals surface area contributed by atoms with Gasteiger partial charge < -0.3 is 39.8 Å². The molecule has 0 spiro atoms. The molecule has 0 saturated carbocycles. The minimum absolute atomic E-state index is 0.0617. The number of benzene rings is 5. The maximum absolute atomic E-state index is 14.1. The molecule has 0 saturated heterocycles. The molecule has 12 heteroatoms. The van der Waals surface area contributed by atoms with Crippen LogP contribution in [0.25, 0.3) is 11.1 Å². The van der Waals surface area contributed by atoms with Crippen LogP contribution < -0.4 is 20.1 Å². The first-order valence-corrected chi connectivity index (χ1v) is 21.2. The number of aliphatic carboxylic acids is 1. The summed E-state index contributed by atoms with van der Waals surface area (Å²) in [6.45, 7) is 8.93. The van der Waals surface area contributed by atoms with Crippen molar-refractivity contribution in [2.24, 2.45) is 5.92 Å². The minimum atomic E-state index is -1.28. The molecule has 4 atom stereocenters. The van der Waals surface area contributed by atoms with Gasteiger partial charge in [-0.25, -0.2) is 9.59 Å². The molecule has 0 aliphatic carbocycles. The standard InChI is InChI=1S/C51H58N2O10/c1-6-42(54)30-43(53-50(59)63-51(3,4)5)47(55)52-44(49(58)62-33-37-20-14-9-15-21-37)29-41-28-39(23-25-46(41)61-32-36-18-12-8-13-19-36)38-22-24-45(40(27-38)26-34(2)48(56)57)60-31-35-16-10-7-11-17-35/h7-25,27-28,34,42-44,54H,6,26,29-33H2,1-5H3,(H,52,55)(H,53,59)(H,56,57)/t34-,42-,43-,44-/m0/s1. The third-order valence-electron chi connectivity index (χ3n) is 10.1. The minimum Gasteiger partial charge on any atom is -0.489 e. The van der Waals surface area contributed by atoms with E-state index in [1.54, 1.807) is 40.7 Å².